The van der Waals surface area contributed by atoms with Gasteiger partial charge < -0.3 is 19.6 Å². The highest BCUT2D eigenvalue weighted by Crippen LogP contribution is 2.64. The highest BCUT2D eigenvalue weighted by Gasteiger charge is 2.58. The van der Waals surface area contributed by atoms with Gasteiger partial charge in [0, 0.05) is 34.1 Å². The van der Waals surface area contributed by atoms with E-state index in [2.05, 4.69) is 221 Å². The van der Waals surface area contributed by atoms with Gasteiger partial charge in [0.1, 0.15) is 12.3 Å². The van der Waals surface area contributed by atoms with Gasteiger partial charge in [-0.3, -0.25) is 0 Å². The first-order valence-electron chi connectivity index (χ1n) is 23.4. The Morgan fingerprint density at radius 2 is 0.923 bits per heavy atom. The van der Waals surface area contributed by atoms with Crippen LogP contribution in [0, 0.1) is 0 Å². The van der Waals surface area contributed by atoms with Crippen LogP contribution >= 0.6 is 0 Å². The number of rotatable bonds is 6. The number of hydrogen-bond donors (Lipinski definition) is 0. The molecule has 6 aromatic carbocycles. The van der Waals surface area contributed by atoms with E-state index in [9.17, 15) is 0 Å². The molecule has 3 unspecified atom stereocenters. The van der Waals surface area contributed by atoms with E-state index in [4.69, 9.17) is 19.9 Å². The van der Waals surface area contributed by atoms with E-state index in [0.29, 0.717) is 0 Å². The van der Waals surface area contributed by atoms with E-state index in [0.717, 1.165) is 75.2 Å². The highest BCUT2D eigenvalue weighted by molar-refractivity contribution is 5.94. The lowest BCUT2D eigenvalue weighted by Gasteiger charge is -2.54. The maximum absolute atomic E-state index is 5.57. The van der Waals surface area contributed by atoms with Crippen LogP contribution in [0.15, 0.2) is 146 Å². The topological polar surface area (TPSA) is 64.5 Å². The Bertz CT molecular complexity index is 3110. The highest BCUT2D eigenvalue weighted by atomic mass is 15.5. The van der Waals surface area contributed by atoms with E-state index in [1.165, 1.54) is 27.9 Å². The molecule has 0 spiro atoms. The van der Waals surface area contributed by atoms with Gasteiger partial charge in [-0.25, -0.2) is 19.9 Å². The van der Waals surface area contributed by atoms with Crippen LogP contribution in [0.5, 0.6) is 0 Å². The van der Waals surface area contributed by atoms with Crippen molar-refractivity contribution in [3.8, 4) is 0 Å². The van der Waals surface area contributed by atoms with Crippen LogP contribution in [-0.4, -0.2) is 32.3 Å². The summed E-state index contributed by atoms with van der Waals surface area (Å²) in [6.45, 7) is 20.9. The number of anilines is 8. The van der Waals surface area contributed by atoms with Crippen molar-refractivity contribution in [2.75, 3.05) is 19.6 Å². The molecule has 5 heterocycles. The van der Waals surface area contributed by atoms with Crippen LogP contribution in [0.2, 0.25) is 0 Å². The van der Waals surface area contributed by atoms with Gasteiger partial charge in [0.2, 0.25) is 0 Å². The van der Waals surface area contributed by atoms with Crippen LogP contribution < -0.4 is 19.6 Å². The number of hydrogen-bond acceptors (Lipinski definition) is 8. The molecule has 0 saturated carbocycles. The van der Waals surface area contributed by atoms with E-state index >= 15 is 0 Å². The fourth-order valence-corrected chi connectivity index (χ4v) is 11.2. The maximum atomic E-state index is 5.57. The minimum Gasteiger partial charge on any atom is -0.302 e. The third-order valence-electron chi connectivity index (χ3n) is 14.6. The molecular formula is C57H58N8. The molecule has 3 atom stereocenters. The van der Waals surface area contributed by atoms with Gasteiger partial charge in [0.05, 0.1) is 22.1 Å². The lowest BCUT2D eigenvalue weighted by molar-refractivity contribution is 0.269. The predicted octanol–water partition coefficient (Wildman–Crippen LogP) is 14.3. The fourth-order valence-electron chi connectivity index (χ4n) is 11.2. The number of aromatic nitrogens is 4. The Kier molecular flexibility index (Phi) is 9.37. The molecule has 0 bridgehead atoms. The van der Waals surface area contributed by atoms with Crippen LogP contribution in [0.1, 0.15) is 103 Å². The van der Waals surface area contributed by atoms with Crippen LogP contribution in [0.3, 0.4) is 0 Å². The molecular weight excluding hydrogens is 797 g/mol. The second-order valence-corrected chi connectivity index (χ2v) is 20.3. The molecule has 3 aliphatic heterocycles. The van der Waals surface area contributed by atoms with Crippen molar-refractivity contribution in [1.29, 1.82) is 0 Å². The van der Waals surface area contributed by atoms with Gasteiger partial charge in [-0.2, -0.15) is 0 Å². The van der Waals surface area contributed by atoms with Gasteiger partial charge in [-0.1, -0.05) is 140 Å². The maximum Gasteiger partial charge on any atom is 0.179 e. The zero-order chi connectivity index (χ0) is 45.0. The first-order valence-corrected chi connectivity index (χ1v) is 23.4. The largest absolute Gasteiger partial charge is 0.302 e. The molecule has 0 aliphatic carbocycles. The Morgan fingerprint density at radius 1 is 0.462 bits per heavy atom. The van der Waals surface area contributed by atoms with E-state index in [1.807, 2.05) is 6.07 Å². The molecule has 0 radical (unpaired) electrons. The minimum absolute atomic E-state index is 0.00362. The van der Waals surface area contributed by atoms with Crippen molar-refractivity contribution in [3.05, 3.63) is 168 Å². The SMILES string of the molecule is CCC1(CC)c2cc(C(C)(C)C)ccc2N2c3nc4ccccc4nc3N(c3ccc(C(C)(C)C)cc3)C2C1c1ccccc1N1c2nc3ccccc3nc2N(c2ccccc2)C1C. The summed E-state index contributed by atoms with van der Waals surface area (Å²) in [7, 11) is 0. The van der Waals surface area contributed by atoms with E-state index < -0.39 is 0 Å². The van der Waals surface area contributed by atoms with Crippen molar-refractivity contribution in [1.82, 2.24) is 19.9 Å². The number of nitrogens with zero attached hydrogens (tertiary/aromatic N) is 8. The molecule has 326 valence electrons. The Balaban J connectivity index is 1.21. The Hall–Kier alpha value is -6.80. The third kappa shape index (κ3) is 6.23. The quantitative estimate of drug-likeness (QED) is 0.164. The van der Waals surface area contributed by atoms with Gasteiger partial charge in [0.15, 0.2) is 23.3 Å². The van der Waals surface area contributed by atoms with Crippen molar-refractivity contribution in [3.63, 3.8) is 0 Å². The molecule has 0 amide bonds. The third-order valence-corrected chi connectivity index (χ3v) is 14.6. The number of benzene rings is 6. The summed E-state index contributed by atoms with van der Waals surface area (Å²) in [5.41, 5.74) is 12.9. The molecule has 0 fully saturated rings. The van der Waals surface area contributed by atoms with Gasteiger partial charge in [-0.05, 0) is 114 Å². The van der Waals surface area contributed by atoms with E-state index in [1.54, 1.807) is 0 Å². The number of para-hydroxylation sites is 6. The summed E-state index contributed by atoms with van der Waals surface area (Å²) >= 11 is 0. The fraction of sp³-hybridized carbons (Fsp3) is 0.298. The zero-order valence-electron chi connectivity index (χ0n) is 39.1. The van der Waals surface area contributed by atoms with Crippen molar-refractivity contribution in [2.45, 2.75) is 110 Å². The average Bonchev–Trinajstić information content (AvgIpc) is 3.78. The standard InChI is InChI=1S/C57H58N8/c1-10-57(11-2)42-35-38(56(7,8)9)31-34-48(42)65-53-52(60-45-26-18-19-27-46(45)61-53)64(40-32-29-37(30-33-40)55(4,5)6)54(65)49(57)41-23-15-20-28-47(41)63-36(3)62(39-21-13-12-14-22-39)50-51(63)59-44-25-17-16-24-43(44)58-50/h12-36,49,54H,10-11H2,1-9H3. The molecule has 8 nitrogen and oxygen atoms in total. The predicted molar refractivity (Wildman–Crippen MR) is 269 cm³/mol. The minimum atomic E-state index is -0.307. The van der Waals surface area contributed by atoms with Gasteiger partial charge in [0.25, 0.3) is 0 Å². The first kappa shape index (κ1) is 40.9. The van der Waals surface area contributed by atoms with Gasteiger partial charge in [-0.15, -0.1) is 0 Å². The van der Waals surface area contributed by atoms with Crippen LogP contribution in [-0.2, 0) is 16.2 Å². The van der Waals surface area contributed by atoms with Crippen molar-refractivity contribution >= 4 is 68.1 Å². The van der Waals surface area contributed by atoms with Crippen molar-refractivity contribution in [2.24, 2.45) is 0 Å². The molecule has 3 aliphatic rings. The summed E-state index contributed by atoms with van der Waals surface area (Å²) in [5, 5.41) is 0. The molecule has 8 heteroatoms. The molecule has 8 aromatic rings. The van der Waals surface area contributed by atoms with Crippen LogP contribution in [0.25, 0.3) is 22.1 Å². The smallest absolute Gasteiger partial charge is 0.179 e. The van der Waals surface area contributed by atoms with E-state index in [-0.39, 0.29) is 34.5 Å². The monoisotopic (exact) mass is 854 g/mol. The summed E-state index contributed by atoms with van der Waals surface area (Å²) < 4.78 is 0. The second-order valence-electron chi connectivity index (χ2n) is 20.3. The zero-order valence-corrected chi connectivity index (χ0v) is 39.1. The summed E-state index contributed by atoms with van der Waals surface area (Å²) in [4.78, 5) is 31.9. The van der Waals surface area contributed by atoms with Crippen LogP contribution in [0.4, 0.5) is 46.0 Å². The number of fused-ring (bicyclic) bond motifs is 8. The molecule has 11 rings (SSSR count). The lowest BCUT2D eigenvalue weighted by Crippen LogP contribution is -2.55. The second kappa shape index (κ2) is 14.9. The Morgan fingerprint density at radius 3 is 1.48 bits per heavy atom. The average molecular weight is 855 g/mol. The summed E-state index contributed by atoms with van der Waals surface area (Å²) in [6, 6.07) is 52.8. The van der Waals surface area contributed by atoms with Crippen molar-refractivity contribution < 1.29 is 0 Å². The lowest BCUT2D eigenvalue weighted by atomic mass is 9.59. The molecule has 2 aromatic heterocycles. The Labute approximate surface area is 383 Å². The molecule has 65 heavy (non-hydrogen) atoms. The summed E-state index contributed by atoms with van der Waals surface area (Å²) in [5.74, 6) is 3.39. The molecule has 0 saturated heterocycles. The first-order chi connectivity index (χ1) is 31.3. The summed E-state index contributed by atoms with van der Waals surface area (Å²) in [6.07, 6.45) is 1.49. The molecule has 0 N–H and O–H groups in total. The van der Waals surface area contributed by atoms with Gasteiger partial charge >= 0.3 is 0 Å². The normalized spacial score (nSPS) is 18.8.